The lowest BCUT2D eigenvalue weighted by molar-refractivity contribution is -0.117. The molecule has 0 aromatic heterocycles. The first kappa shape index (κ1) is 31.7. The van der Waals surface area contributed by atoms with Crippen LogP contribution < -0.4 is 5.32 Å². The van der Waals surface area contributed by atoms with Crippen LogP contribution in [-0.4, -0.2) is 47.7 Å². The highest BCUT2D eigenvalue weighted by molar-refractivity contribution is 7.85. The van der Waals surface area contributed by atoms with Gasteiger partial charge in [-0.15, -0.1) is 6.58 Å². The SMILES string of the molecule is C=C(C)C.C=CC#N.C=CC(=O)NC(C)(C)CS(=O)(=O)O.O=S(=O)(O)O. The summed E-state index contributed by atoms with van der Waals surface area (Å²) in [4.78, 5) is 10.8. The first-order chi connectivity index (χ1) is 11.3. The number of amides is 1. The molecule has 10 nitrogen and oxygen atoms in total. The number of nitriles is 1. The molecule has 0 aliphatic rings. The Morgan fingerprint density at radius 3 is 1.58 bits per heavy atom. The minimum atomic E-state index is -4.67. The molecule has 4 N–H and O–H groups in total. The van der Waals surface area contributed by atoms with Crippen LogP contribution in [0.1, 0.15) is 27.7 Å². The van der Waals surface area contributed by atoms with Gasteiger partial charge in [-0.1, -0.05) is 18.7 Å². The second kappa shape index (κ2) is 15.2. The molecule has 0 radical (unpaired) electrons. The van der Waals surface area contributed by atoms with Gasteiger partial charge in [0.05, 0.1) is 17.4 Å². The van der Waals surface area contributed by atoms with E-state index in [1.165, 1.54) is 25.5 Å². The lowest BCUT2D eigenvalue weighted by Gasteiger charge is -2.23. The van der Waals surface area contributed by atoms with Gasteiger partial charge >= 0.3 is 10.4 Å². The first-order valence-electron chi connectivity index (χ1n) is 6.53. The molecule has 152 valence electrons. The Hall–Kier alpha value is -2.04. The van der Waals surface area contributed by atoms with Crippen molar-refractivity contribution >= 4 is 26.4 Å². The fourth-order valence-electron chi connectivity index (χ4n) is 0.877. The standard InChI is InChI=1S/C7H13NO4S.C4H8.C3H3N.H2O4S/c1-4-6(9)8-7(2,3)5-13(10,11)12;1-4(2)3;1-2-3-4;1-5(2,3)4/h4H,1,5H2,2-3H3,(H,8,9)(H,10,11,12);1H2,2-3H3;2H,1H2;(H2,1,2,3,4). The molecule has 0 atom stereocenters. The van der Waals surface area contributed by atoms with Crippen molar-refractivity contribution in [2.75, 3.05) is 5.75 Å². The number of nitrogens with zero attached hydrogens (tertiary/aromatic N) is 1. The Balaban J connectivity index is -0.000000152. The van der Waals surface area contributed by atoms with Crippen molar-refractivity contribution in [3.8, 4) is 6.07 Å². The topological polar surface area (TPSA) is 182 Å². The molecule has 0 saturated heterocycles. The van der Waals surface area contributed by atoms with Crippen molar-refractivity contribution in [2.24, 2.45) is 0 Å². The molecule has 0 spiro atoms. The number of allylic oxidation sites excluding steroid dienone is 2. The monoisotopic (exact) mass is 414 g/mol. The summed E-state index contributed by atoms with van der Waals surface area (Å²) in [6.07, 6.45) is 2.21. The molecule has 26 heavy (non-hydrogen) atoms. The van der Waals surface area contributed by atoms with Gasteiger partial charge < -0.3 is 5.32 Å². The Morgan fingerprint density at radius 1 is 1.15 bits per heavy atom. The van der Waals surface area contributed by atoms with E-state index in [1.54, 1.807) is 6.07 Å². The fraction of sp³-hybridized carbons (Fsp3) is 0.429. The average Bonchev–Trinajstić information content (AvgIpc) is 2.32. The van der Waals surface area contributed by atoms with E-state index >= 15 is 0 Å². The molecule has 12 heteroatoms. The summed E-state index contributed by atoms with van der Waals surface area (Å²) in [6.45, 7) is 16.8. The number of carbonyl (C=O) groups is 1. The third kappa shape index (κ3) is 67.4. The Kier molecular flexibility index (Phi) is 18.6. The summed E-state index contributed by atoms with van der Waals surface area (Å²) < 4.78 is 61.1. The van der Waals surface area contributed by atoms with Crippen LogP contribution in [-0.2, 0) is 25.3 Å². The largest absolute Gasteiger partial charge is 0.394 e. The molecule has 0 aromatic carbocycles. The van der Waals surface area contributed by atoms with E-state index < -0.39 is 37.7 Å². The molecule has 1 amide bonds. The van der Waals surface area contributed by atoms with Crippen LogP contribution in [0.5, 0.6) is 0 Å². The van der Waals surface area contributed by atoms with Gasteiger partial charge in [0.1, 0.15) is 0 Å². The van der Waals surface area contributed by atoms with Crippen LogP contribution in [0.15, 0.2) is 37.5 Å². The predicted molar refractivity (Wildman–Crippen MR) is 99.3 cm³/mol. The summed E-state index contributed by atoms with van der Waals surface area (Å²) in [6, 6.07) is 1.69. The number of rotatable bonds is 4. The smallest absolute Gasteiger partial charge is 0.347 e. The third-order valence-corrected chi connectivity index (χ3v) is 2.37. The Morgan fingerprint density at radius 2 is 1.42 bits per heavy atom. The minimum Gasteiger partial charge on any atom is -0.347 e. The van der Waals surface area contributed by atoms with E-state index in [0.717, 1.165) is 6.08 Å². The maximum absolute atomic E-state index is 10.8. The Bertz CT molecular complexity index is 690. The summed E-state index contributed by atoms with van der Waals surface area (Å²) in [5, 5.41) is 9.87. The van der Waals surface area contributed by atoms with Crippen molar-refractivity contribution in [3.63, 3.8) is 0 Å². The predicted octanol–water partition coefficient (Wildman–Crippen LogP) is 1.58. The second-order valence-electron chi connectivity index (χ2n) is 5.29. The van der Waals surface area contributed by atoms with E-state index in [1.807, 2.05) is 13.8 Å². The van der Waals surface area contributed by atoms with Crippen LogP contribution in [0.2, 0.25) is 0 Å². The molecule has 0 fully saturated rings. The van der Waals surface area contributed by atoms with E-state index in [4.69, 9.17) is 27.3 Å². The molecule has 0 aliphatic carbocycles. The highest BCUT2D eigenvalue weighted by Crippen LogP contribution is 2.05. The van der Waals surface area contributed by atoms with E-state index in [2.05, 4.69) is 25.1 Å². The van der Waals surface area contributed by atoms with Crippen LogP contribution in [0.25, 0.3) is 0 Å². The van der Waals surface area contributed by atoms with E-state index in [-0.39, 0.29) is 0 Å². The summed E-state index contributed by atoms with van der Waals surface area (Å²) in [5.74, 6) is -1.01. The molecular weight excluding hydrogens is 388 g/mol. The van der Waals surface area contributed by atoms with Gasteiger partial charge in [0.2, 0.25) is 5.91 Å². The van der Waals surface area contributed by atoms with Crippen molar-refractivity contribution < 1.29 is 35.3 Å². The van der Waals surface area contributed by atoms with Gasteiger partial charge in [-0.25, -0.2) is 0 Å². The highest BCUT2D eigenvalue weighted by Gasteiger charge is 2.25. The van der Waals surface area contributed by atoms with E-state index in [0.29, 0.717) is 0 Å². The second-order valence-corrected chi connectivity index (χ2v) is 7.64. The summed E-state index contributed by atoms with van der Waals surface area (Å²) in [7, 11) is -8.75. The maximum atomic E-state index is 10.8. The van der Waals surface area contributed by atoms with Crippen molar-refractivity contribution in [1.29, 1.82) is 5.26 Å². The molecule has 0 saturated carbocycles. The average molecular weight is 415 g/mol. The van der Waals surface area contributed by atoms with Crippen LogP contribution in [0.3, 0.4) is 0 Å². The van der Waals surface area contributed by atoms with Gasteiger partial charge in [-0.2, -0.15) is 22.1 Å². The van der Waals surface area contributed by atoms with Gasteiger partial charge in [0.15, 0.2) is 0 Å². The first-order valence-corrected chi connectivity index (χ1v) is 9.54. The summed E-state index contributed by atoms with van der Waals surface area (Å²) in [5.41, 5.74) is 0.166. The lowest BCUT2D eigenvalue weighted by Crippen LogP contribution is -2.47. The zero-order chi connectivity index (χ0) is 22.2. The molecule has 0 unspecified atom stereocenters. The van der Waals surface area contributed by atoms with Gasteiger partial charge in [-0.3, -0.25) is 18.5 Å². The van der Waals surface area contributed by atoms with Crippen LogP contribution in [0, 0.1) is 11.3 Å². The zero-order valence-electron chi connectivity index (χ0n) is 15.1. The molecule has 0 bridgehead atoms. The third-order valence-electron chi connectivity index (χ3n) is 1.28. The van der Waals surface area contributed by atoms with Crippen molar-refractivity contribution in [3.05, 3.63) is 37.5 Å². The van der Waals surface area contributed by atoms with Crippen molar-refractivity contribution in [1.82, 2.24) is 5.32 Å². The molecule has 0 rings (SSSR count). The van der Waals surface area contributed by atoms with Gasteiger partial charge in [0, 0.05) is 6.08 Å². The van der Waals surface area contributed by atoms with Crippen LogP contribution >= 0.6 is 0 Å². The molecular formula is C14H26N2O8S2. The lowest BCUT2D eigenvalue weighted by atomic mass is 10.1. The minimum absolute atomic E-state index is 0.478. The number of carbonyl (C=O) groups excluding carboxylic acids is 1. The Labute approximate surface area is 155 Å². The zero-order valence-corrected chi connectivity index (χ0v) is 16.8. The summed E-state index contributed by atoms with van der Waals surface area (Å²) >= 11 is 0. The molecule has 0 aromatic rings. The van der Waals surface area contributed by atoms with Crippen molar-refractivity contribution in [2.45, 2.75) is 33.2 Å². The van der Waals surface area contributed by atoms with Crippen LogP contribution in [0.4, 0.5) is 0 Å². The number of nitrogens with one attached hydrogen (secondary N) is 1. The number of hydrogen-bond donors (Lipinski definition) is 4. The molecule has 0 aliphatic heterocycles. The normalized spacial score (nSPS) is 9.92. The molecule has 0 heterocycles. The maximum Gasteiger partial charge on any atom is 0.394 e. The highest BCUT2D eigenvalue weighted by atomic mass is 32.3. The quantitative estimate of drug-likeness (QED) is 0.229. The van der Waals surface area contributed by atoms with Gasteiger partial charge in [0.25, 0.3) is 10.1 Å². The van der Waals surface area contributed by atoms with Gasteiger partial charge in [-0.05, 0) is 33.8 Å². The fourth-order valence-corrected chi connectivity index (χ4v) is 1.86. The number of hydrogen-bond acceptors (Lipinski definition) is 6. The van der Waals surface area contributed by atoms with E-state index in [9.17, 15) is 13.2 Å².